The number of Topliss-reactive ketones (excluding diaryl/α,β-unsaturated/α-hetero) is 1. The van der Waals surface area contributed by atoms with Crippen LogP contribution in [0.5, 0.6) is 0 Å². The minimum atomic E-state index is -1.47. The molecule has 1 unspecified atom stereocenters. The van der Waals surface area contributed by atoms with Crippen molar-refractivity contribution in [2.24, 2.45) is 0 Å². The summed E-state index contributed by atoms with van der Waals surface area (Å²) in [5.74, 6) is -2.77. The highest BCUT2D eigenvalue weighted by Gasteiger charge is 2.70. The number of rotatable bonds is 3. The molecule has 7 nitrogen and oxygen atoms in total. The lowest BCUT2D eigenvalue weighted by Crippen LogP contribution is -2.62. The molecule has 0 aromatic rings. The number of hydrogen-bond acceptors (Lipinski definition) is 7. The van der Waals surface area contributed by atoms with Crippen molar-refractivity contribution in [1.29, 1.82) is 0 Å². The van der Waals surface area contributed by atoms with E-state index in [1.54, 1.807) is 13.8 Å². The summed E-state index contributed by atoms with van der Waals surface area (Å²) in [6, 6.07) is 0. The third kappa shape index (κ3) is 2.33. The molecule has 23 heavy (non-hydrogen) atoms. The molecular weight excluding hydrogens is 304 g/mol. The first kappa shape index (κ1) is 16.8. The topological polar surface area (TPSA) is 80.3 Å². The van der Waals surface area contributed by atoms with E-state index in [0.29, 0.717) is 12.8 Å². The summed E-state index contributed by atoms with van der Waals surface area (Å²) in [6.07, 6.45) is -1.12. The fourth-order valence-electron chi connectivity index (χ4n) is 3.80. The Morgan fingerprint density at radius 3 is 2.43 bits per heavy atom. The molecule has 3 fully saturated rings. The second-order valence-corrected chi connectivity index (χ2v) is 6.80. The van der Waals surface area contributed by atoms with E-state index in [1.165, 1.54) is 7.11 Å². The predicted molar refractivity (Wildman–Crippen MR) is 77.5 cm³/mol. The van der Waals surface area contributed by atoms with Crippen LogP contribution in [0.2, 0.25) is 0 Å². The van der Waals surface area contributed by atoms with Crippen molar-refractivity contribution in [2.45, 2.75) is 82.4 Å². The molecule has 3 aliphatic rings. The van der Waals surface area contributed by atoms with Crippen LogP contribution in [0.1, 0.15) is 47.0 Å². The van der Waals surface area contributed by atoms with E-state index in [9.17, 15) is 9.59 Å². The second-order valence-electron chi connectivity index (χ2n) is 6.80. The number of fused-ring (bicyclic) bond motifs is 2. The van der Waals surface area contributed by atoms with E-state index >= 15 is 0 Å². The van der Waals surface area contributed by atoms with Gasteiger partial charge in [-0.05, 0) is 26.7 Å². The van der Waals surface area contributed by atoms with Crippen molar-refractivity contribution >= 4 is 11.8 Å². The highest BCUT2D eigenvalue weighted by atomic mass is 16.8. The number of carbonyl (C=O) groups excluding carboxylic acids is 2. The number of ether oxygens (including phenoxy) is 5. The first-order chi connectivity index (χ1) is 10.7. The monoisotopic (exact) mass is 328 g/mol. The number of hydrogen-bond donors (Lipinski definition) is 0. The van der Waals surface area contributed by atoms with Crippen molar-refractivity contribution in [3.8, 4) is 0 Å². The fraction of sp³-hybridized carbons (Fsp3) is 0.875. The Balaban J connectivity index is 2.01. The number of carbonyl (C=O) groups is 2. The molecule has 2 saturated heterocycles. The summed E-state index contributed by atoms with van der Waals surface area (Å²) in [5, 5.41) is 0. The Hall–Kier alpha value is -1.02. The van der Waals surface area contributed by atoms with Gasteiger partial charge in [0, 0.05) is 6.42 Å². The second kappa shape index (κ2) is 5.24. The molecular formula is C16H24O7. The number of methoxy groups -OCH3 is 1. The highest BCUT2D eigenvalue weighted by molar-refractivity contribution is 5.98. The minimum absolute atomic E-state index is 0.173. The van der Waals surface area contributed by atoms with Gasteiger partial charge in [0.05, 0.1) is 13.2 Å². The van der Waals surface area contributed by atoms with Crippen LogP contribution in [0.3, 0.4) is 0 Å². The third-order valence-electron chi connectivity index (χ3n) is 4.96. The van der Waals surface area contributed by atoms with Crippen LogP contribution in [0.4, 0.5) is 0 Å². The largest absolute Gasteiger partial charge is 0.467 e. The quantitative estimate of drug-likeness (QED) is 0.723. The van der Waals surface area contributed by atoms with Gasteiger partial charge < -0.3 is 23.7 Å². The SMILES string of the molecule is CCC1(CC)O[C@H]2C(=O)C3OC(C)(C)O[C@@H]3C[C@@]2(C(=O)OC)O1. The van der Waals surface area contributed by atoms with Gasteiger partial charge in [0.1, 0.15) is 6.10 Å². The lowest BCUT2D eigenvalue weighted by molar-refractivity contribution is -0.211. The molecule has 0 radical (unpaired) electrons. The molecule has 0 amide bonds. The van der Waals surface area contributed by atoms with Crippen LogP contribution in [0.15, 0.2) is 0 Å². The molecule has 4 atom stereocenters. The summed E-state index contributed by atoms with van der Waals surface area (Å²) in [6.45, 7) is 7.27. The molecule has 1 aliphatic carbocycles. The average molecular weight is 328 g/mol. The van der Waals surface area contributed by atoms with Gasteiger partial charge in [-0.1, -0.05) is 13.8 Å². The van der Waals surface area contributed by atoms with Crippen LogP contribution in [0.25, 0.3) is 0 Å². The third-order valence-corrected chi connectivity index (χ3v) is 4.96. The van der Waals surface area contributed by atoms with Gasteiger partial charge in [0.15, 0.2) is 23.5 Å². The summed E-state index contributed by atoms with van der Waals surface area (Å²) < 4.78 is 28.5. The molecule has 0 aromatic carbocycles. The number of ketones is 1. The summed E-state index contributed by atoms with van der Waals surface area (Å²) in [5.41, 5.74) is -1.47. The summed E-state index contributed by atoms with van der Waals surface area (Å²) in [4.78, 5) is 25.4. The Morgan fingerprint density at radius 2 is 1.87 bits per heavy atom. The smallest absolute Gasteiger partial charge is 0.341 e. The van der Waals surface area contributed by atoms with E-state index in [2.05, 4.69) is 0 Å². The van der Waals surface area contributed by atoms with E-state index in [-0.39, 0.29) is 12.2 Å². The zero-order valence-electron chi connectivity index (χ0n) is 14.2. The van der Waals surface area contributed by atoms with E-state index in [0.717, 1.165) is 0 Å². The molecule has 0 bridgehead atoms. The van der Waals surface area contributed by atoms with Crippen LogP contribution >= 0.6 is 0 Å². The first-order valence-electron chi connectivity index (χ1n) is 8.08. The molecule has 1 saturated carbocycles. The van der Waals surface area contributed by atoms with Gasteiger partial charge in [0.25, 0.3) is 0 Å². The summed E-state index contributed by atoms with van der Waals surface area (Å²) in [7, 11) is 1.28. The molecule has 2 heterocycles. The van der Waals surface area contributed by atoms with Gasteiger partial charge in [-0.2, -0.15) is 0 Å². The predicted octanol–water partition coefficient (Wildman–Crippen LogP) is 1.32. The maximum absolute atomic E-state index is 12.9. The van der Waals surface area contributed by atoms with Crippen molar-refractivity contribution in [3.05, 3.63) is 0 Å². The first-order valence-corrected chi connectivity index (χ1v) is 8.08. The molecule has 130 valence electrons. The van der Waals surface area contributed by atoms with E-state index < -0.39 is 41.5 Å². The molecule has 0 aromatic heterocycles. The fourth-order valence-corrected chi connectivity index (χ4v) is 3.80. The Labute approximate surface area is 135 Å². The van der Waals surface area contributed by atoms with Crippen LogP contribution < -0.4 is 0 Å². The van der Waals surface area contributed by atoms with Crippen molar-refractivity contribution in [3.63, 3.8) is 0 Å². The molecule has 2 aliphatic heterocycles. The van der Waals surface area contributed by atoms with Crippen LogP contribution in [-0.2, 0) is 33.3 Å². The zero-order chi connectivity index (χ0) is 17.0. The van der Waals surface area contributed by atoms with Gasteiger partial charge in [-0.15, -0.1) is 0 Å². The Bertz CT molecular complexity index is 525. The maximum atomic E-state index is 12.9. The number of esters is 1. The average Bonchev–Trinajstić information content (AvgIpc) is 3.02. The zero-order valence-corrected chi connectivity index (χ0v) is 14.2. The van der Waals surface area contributed by atoms with E-state index in [1.807, 2.05) is 13.8 Å². The lowest BCUT2D eigenvalue weighted by Gasteiger charge is -2.37. The standard InChI is InChI=1S/C16H24O7/c1-6-15(7-2)22-12-10(17)11-9(20-14(3,4)21-11)8-16(12,23-15)13(18)19-5/h9,11-12H,6-8H2,1-5H3/t9-,11?,12+,16-/m1/s1. The Morgan fingerprint density at radius 1 is 1.22 bits per heavy atom. The minimum Gasteiger partial charge on any atom is -0.467 e. The van der Waals surface area contributed by atoms with Crippen LogP contribution in [0, 0.1) is 0 Å². The summed E-state index contributed by atoms with van der Waals surface area (Å²) >= 11 is 0. The molecule has 0 N–H and O–H groups in total. The van der Waals surface area contributed by atoms with E-state index in [4.69, 9.17) is 23.7 Å². The molecule has 0 spiro atoms. The molecule has 7 heteroatoms. The molecule has 3 rings (SSSR count). The van der Waals surface area contributed by atoms with Crippen molar-refractivity contribution in [1.82, 2.24) is 0 Å². The van der Waals surface area contributed by atoms with Gasteiger partial charge >= 0.3 is 5.97 Å². The van der Waals surface area contributed by atoms with Gasteiger partial charge in [-0.3, -0.25) is 4.79 Å². The normalized spacial score (nSPS) is 40.6. The highest BCUT2D eigenvalue weighted by Crippen LogP contribution is 2.50. The Kier molecular flexibility index (Phi) is 3.83. The van der Waals surface area contributed by atoms with Gasteiger partial charge in [0.2, 0.25) is 5.60 Å². The van der Waals surface area contributed by atoms with Crippen molar-refractivity contribution in [2.75, 3.05) is 7.11 Å². The maximum Gasteiger partial charge on any atom is 0.341 e. The lowest BCUT2D eigenvalue weighted by atomic mass is 9.78. The van der Waals surface area contributed by atoms with Gasteiger partial charge in [-0.25, -0.2) is 4.79 Å². The van der Waals surface area contributed by atoms with Crippen molar-refractivity contribution < 1.29 is 33.3 Å². The van der Waals surface area contributed by atoms with Crippen LogP contribution in [-0.4, -0.2) is 54.3 Å².